The molecule has 0 amide bonds. The topological polar surface area (TPSA) is 9.23 Å². The fourth-order valence-electron chi connectivity index (χ4n) is 1.28. The third-order valence-corrected chi connectivity index (χ3v) is 2.64. The summed E-state index contributed by atoms with van der Waals surface area (Å²) in [5.74, 6) is 1.15. The molecule has 0 N–H and O–H groups in total. The fraction of sp³-hybridized carbons (Fsp3) is 1.00. The molecule has 0 aromatic heterocycles. The Morgan fingerprint density at radius 3 is 1.54 bits per heavy atom. The van der Waals surface area contributed by atoms with Crippen LogP contribution in [0.1, 0.15) is 39.5 Å². The van der Waals surface area contributed by atoms with Crippen LogP contribution in [0.2, 0.25) is 0 Å². The maximum absolute atomic E-state index is 5.78. The highest BCUT2D eigenvalue weighted by Crippen LogP contribution is 2.12. The van der Waals surface area contributed by atoms with E-state index in [1.54, 1.807) is 0 Å². The average molecular weight is 227 g/mol. The maximum atomic E-state index is 5.78. The van der Waals surface area contributed by atoms with Crippen LogP contribution in [0.15, 0.2) is 0 Å². The Hall–Kier alpha value is 0.540. The zero-order valence-electron chi connectivity index (χ0n) is 8.56. The maximum Gasteiger partial charge on any atom is 0.0714 e. The Labute approximate surface area is 91.7 Å². The van der Waals surface area contributed by atoms with E-state index in [2.05, 4.69) is 13.8 Å². The van der Waals surface area contributed by atoms with Gasteiger partial charge in [-0.25, -0.2) is 0 Å². The standard InChI is InChI=1S/C10H20Cl2O/c1-3-5-9(7-11)13-10(8-12)6-4-2/h9-10H,3-8H2,1-2H3. The molecule has 0 heterocycles. The second-order valence-electron chi connectivity index (χ2n) is 3.27. The van der Waals surface area contributed by atoms with Crippen molar-refractivity contribution in [2.45, 2.75) is 51.7 Å². The van der Waals surface area contributed by atoms with Crippen molar-refractivity contribution in [3.05, 3.63) is 0 Å². The lowest BCUT2D eigenvalue weighted by molar-refractivity contribution is 0.00333. The number of rotatable bonds is 8. The molecular weight excluding hydrogens is 207 g/mol. The summed E-state index contributed by atoms with van der Waals surface area (Å²) >= 11 is 11.6. The van der Waals surface area contributed by atoms with Gasteiger partial charge in [0.1, 0.15) is 0 Å². The number of ether oxygens (including phenoxy) is 1. The Balaban J connectivity index is 3.73. The lowest BCUT2D eigenvalue weighted by Gasteiger charge is -2.21. The highest BCUT2D eigenvalue weighted by molar-refractivity contribution is 6.18. The second kappa shape index (κ2) is 9.11. The molecule has 2 atom stereocenters. The first kappa shape index (κ1) is 13.5. The summed E-state index contributed by atoms with van der Waals surface area (Å²) in [5.41, 5.74) is 0. The van der Waals surface area contributed by atoms with Crippen molar-refractivity contribution >= 4 is 23.2 Å². The van der Waals surface area contributed by atoms with E-state index >= 15 is 0 Å². The van der Waals surface area contributed by atoms with Crippen molar-refractivity contribution < 1.29 is 4.74 Å². The zero-order valence-corrected chi connectivity index (χ0v) is 10.1. The molecule has 0 radical (unpaired) electrons. The normalized spacial score (nSPS) is 15.7. The minimum atomic E-state index is 0.182. The van der Waals surface area contributed by atoms with E-state index in [9.17, 15) is 0 Å². The number of hydrogen-bond donors (Lipinski definition) is 0. The predicted octanol–water partition coefficient (Wildman–Crippen LogP) is 3.82. The zero-order chi connectivity index (χ0) is 10.1. The molecule has 0 rings (SSSR count). The molecular formula is C10H20Cl2O. The molecule has 0 aromatic carbocycles. The Kier molecular flexibility index (Phi) is 9.49. The molecule has 2 unspecified atom stereocenters. The molecule has 1 nitrogen and oxygen atoms in total. The molecule has 0 spiro atoms. The average Bonchev–Trinajstić information content (AvgIpc) is 2.16. The number of hydrogen-bond acceptors (Lipinski definition) is 1. The third kappa shape index (κ3) is 6.59. The van der Waals surface area contributed by atoms with Crippen molar-refractivity contribution in [3.8, 4) is 0 Å². The molecule has 0 aromatic rings. The SMILES string of the molecule is CCCC(CCl)OC(CCl)CCC. The van der Waals surface area contributed by atoms with Crippen LogP contribution in [-0.2, 0) is 4.74 Å². The van der Waals surface area contributed by atoms with Gasteiger partial charge in [0.15, 0.2) is 0 Å². The second-order valence-corrected chi connectivity index (χ2v) is 3.88. The van der Waals surface area contributed by atoms with Crippen molar-refractivity contribution in [1.29, 1.82) is 0 Å². The van der Waals surface area contributed by atoms with E-state index in [1.165, 1.54) is 0 Å². The molecule has 0 aliphatic carbocycles. The summed E-state index contributed by atoms with van der Waals surface area (Å²) in [5, 5.41) is 0. The van der Waals surface area contributed by atoms with Gasteiger partial charge in [-0.15, -0.1) is 23.2 Å². The van der Waals surface area contributed by atoms with Crippen molar-refractivity contribution in [3.63, 3.8) is 0 Å². The molecule has 0 bridgehead atoms. The smallest absolute Gasteiger partial charge is 0.0714 e. The van der Waals surface area contributed by atoms with Gasteiger partial charge in [0.25, 0.3) is 0 Å². The quantitative estimate of drug-likeness (QED) is 0.573. The van der Waals surface area contributed by atoms with Crippen LogP contribution >= 0.6 is 23.2 Å². The van der Waals surface area contributed by atoms with Gasteiger partial charge in [0, 0.05) is 11.8 Å². The van der Waals surface area contributed by atoms with Crippen molar-refractivity contribution in [1.82, 2.24) is 0 Å². The Bertz CT molecular complexity index is 97.1. The highest BCUT2D eigenvalue weighted by Gasteiger charge is 2.13. The number of halogens is 2. The summed E-state index contributed by atoms with van der Waals surface area (Å²) in [4.78, 5) is 0. The summed E-state index contributed by atoms with van der Waals surface area (Å²) in [7, 11) is 0. The van der Waals surface area contributed by atoms with Crippen LogP contribution in [0.25, 0.3) is 0 Å². The molecule has 0 saturated carbocycles. The van der Waals surface area contributed by atoms with Crippen molar-refractivity contribution in [2.24, 2.45) is 0 Å². The Morgan fingerprint density at radius 2 is 1.31 bits per heavy atom. The van der Waals surface area contributed by atoms with Crippen LogP contribution in [0, 0.1) is 0 Å². The van der Waals surface area contributed by atoms with Gasteiger partial charge in [0.05, 0.1) is 12.2 Å². The van der Waals surface area contributed by atoms with E-state index in [4.69, 9.17) is 27.9 Å². The summed E-state index contributed by atoms with van der Waals surface area (Å²) < 4.78 is 5.77. The highest BCUT2D eigenvalue weighted by atomic mass is 35.5. The van der Waals surface area contributed by atoms with Crippen LogP contribution in [0.5, 0.6) is 0 Å². The van der Waals surface area contributed by atoms with Gasteiger partial charge in [-0.2, -0.15) is 0 Å². The van der Waals surface area contributed by atoms with Gasteiger partial charge >= 0.3 is 0 Å². The molecule has 0 fully saturated rings. The van der Waals surface area contributed by atoms with Gasteiger partial charge in [-0.1, -0.05) is 26.7 Å². The fourth-order valence-corrected chi connectivity index (χ4v) is 1.73. The van der Waals surface area contributed by atoms with E-state index in [0.717, 1.165) is 25.7 Å². The lowest BCUT2D eigenvalue weighted by atomic mass is 10.2. The number of alkyl halides is 2. The first-order valence-corrected chi connectivity index (χ1v) is 6.12. The summed E-state index contributed by atoms with van der Waals surface area (Å²) in [6, 6.07) is 0. The first-order chi connectivity index (χ1) is 6.28. The molecule has 0 saturated heterocycles. The van der Waals surface area contributed by atoms with Crippen LogP contribution < -0.4 is 0 Å². The summed E-state index contributed by atoms with van der Waals surface area (Å²) in [6.07, 6.45) is 4.64. The van der Waals surface area contributed by atoms with E-state index in [1.807, 2.05) is 0 Å². The van der Waals surface area contributed by atoms with Crippen LogP contribution in [0.3, 0.4) is 0 Å². The van der Waals surface area contributed by atoms with E-state index in [-0.39, 0.29) is 12.2 Å². The largest absolute Gasteiger partial charge is 0.373 e. The molecule has 0 aliphatic heterocycles. The molecule has 3 heteroatoms. The minimum Gasteiger partial charge on any atom is -0.373 e. The van der Waals surface area contributed by atoms with E-state index in [0.29, 0.717) is 11.8 Å². The molecule has 80 valence electrons. The van der Waals surface area contributed by atoms with Crippen molar-refractivity contribution in [2.75, 3.05) is 11.8 Å². The van der Waals surface area contributed by atoms with E-state index < -0.39 is 0 Å². The molecule has 0 aliphatic rings. The van der Waals surface area contributed by atoms with Gasteiger partial charge in [-0.3, -0.25) is 0 Å². The Morgan fingerprint density at radius 1 is 0.923 bits per heavy atom. The van der Waals surface area contributed by atoms with Gasteiger partial charge in [0.2, 0.25) is 0 Å². The predicted molar refractivity (Wildman–Crippen MR) is 59.9 cm³/mol. The van der Waals surface area contributed by atoms with Crippen LogP contribution in [-0.4, -0.2) is 24.0 Å². The van der Waals surface area contributed by atoms with Gasteiger partial charge in [-0.05, 0) is 12.8 Å². The monoisotopic (exact) mass is 226 g/mol. The van der Waals surface area contributed by atoms with Crippen LogP contribution in [0.4, 0.5) is 0 Å². The summed E-state index contributed by atoms with van der Waals surface area (Å²) in [6.45, 7) is 4.27. The van der Waals surface area contributed by atoms with Gasteiger partial charge < -0.3 is 4.74 Å². The third-order valence-electron chi connectivity index (χ3n) is 1.95. The minimum absolute atomic E-state index is 0.182. The molecule has 13 heavy (non-hydrogen) atoms. The first-order valence-electron chi connectivity index (χ1n) is 5.05. The lowest BCUT2D eigenvalue weighted by Crippen LogP contribution is -2.24.